The fourth-order valence-corrected chi connectivity index (χ4v) is 4.38. The van der Waals surface area contributed by atoms with Crippen LogP contribution in [0.2, 0.25) is 0 Å². The Kier molecular flexibility index (Phi) is 7.03. The highest BCUT2D eigenvalue weighted by atomic mass is 27.0. The molecule has 2 heterocycles. The molecule has 2 aromatic rings. The topological polar surface area (TPSA) is 39.3 Å². The minimum atomic E-state index is -0.0445. The van der Waals surface area contributed by atoms with Gasteiger partial charge >= 0.3 is 23.1 Å². The second kappa shape index (κ2) is 8.50. The van der Waals surface area contributed by atoms with Crippen molar-refractivity contribution in [3.63, 3.8) is 0 Å². The lowest BCUT2D eigenvalue weighted by Crippen LogP contribution is -2.47. The second-order valence-corrected chi connectivity index (χ2v) is 6.94. The van der Waals surface area contributed by atoms with E-state index in [4.69, 9.17) is 0 Å². The first kappa shape index (κ1) is 21.5. The Morgan fingerprint density at radius 2 is 2.04 bits per heavy atom. The summed E-state index contributed by atoms with van der Waals surface area (Å²) in [5, 5.41) is 1.34. The molecule has 2 atom stereocenters. The van der Waals surface area contributed by atoms with Crippen LogP contribution in [-0.4, -0.2) is 93.8 Å². The molecule has 0 saturated carbocycles. The van der Waals surface area contributed by atoms with Crippen LogP contribution < -0.4 is 0 Å². The fraction of sp³-hybridized carbons (Fsp3) is 0.450. The molecule has 0 unspecified atom stereocenters. The summed E-state index contributed by atoms with van der Waals surface area (Å²) < 4.78 is 0. The van der Waals surface area contributed by atoms with Gasteiger partial charge in [0.05, 0.1) is 5.92 Å². The lowest BCUT2D eigenvalue weighted by Gasteiger charge is -2.40. The number of H-pyrrole nitrogens is 1. The molecule has 1 aromatic heterocycles. The summed E-state index contributed by atoms with van der Waals surface area (Å²) >= 11 is 0. The van der Waals surface area contributed by atoms with E-state index in [-0.39, 0.29) is 52.2 Å². The molecule has 136 valence electrons. The lowest BCUT2D eigenvalue weighted by atomic mass is 9.79. The Morgan fingerprint density at radius 1 is 1.31 bits per heavy atom. The molecular formula is C20H30AlMgN3O. The first-order chi connectivity index (χ1) is 11.6. The van der Waals surface area contributed by atoms with Gasteiger partial charge in [-0.3, -0.25) is 9.69 Å². The number of likely N-dealkylation sites (N-methyl/N-ethyl adjacent to an activating group) is 1. The molecule has 0 spiro atoms. The van der Waals surface area contributed by atoms with E-state index < -0.39 is 0 Å². The van der Waals surface area contributed by atoms with Crippen molar-refractivity contribution in [2.75, 3.05) is 26.7 Å². The van der Waals surface area contributed by atoms with Crippen LogP contribution in [0, 0.1) is 5.92 Å². The van der Waals surface area contributed by atoms with Crippen molar-refractivity contribution in [2.45, 2.75) is 26.3 Å². The normalized spacial score (nSPS) is 21.3. The van der Waals surface area contributed by atoms with Crippen LogP contribution in [0.25, 0.3) is 16.5 Å². The van der Waals surface area contributed by atoms with E-state index in [0.717, 1.165) is 26.1 Å². The molecule has 1 aromatic carbocycles. The monoisotopic (exact) mass is 379 g/mol. The molecule has 0 saturated heterocycles. The zero-order chi connectivity index (χ0) is 16.8. The van der Waals surface area contributed by atoms with E-state index in [0.29, 0.717) is 6.04 Å². The quantitative estimate of drug-likeness (QED) is 0.802. The number of carbonyl (C=O) groups is 1. The number of nitrogens with one attached hydrogen (secondary N) is 1. The molecule has 26 heavy (non-hydrogen) atoms. The first-order valence-corrected chi connectivity index (χ1v) is 8.94. The van der Waals surface area contributed by atoms with Crippen molar-refractivity contribution in [1.82, 2.24) is 14.8 Å². The van der Waals surface area contributed by atoms with Crippen LogP contribution >= 0.6 is 0 Å². The van der Waals surface area contributed by atoms with E-state index in [1.54, 1.807) is 0 Å². The zero-order valence-corrected chi connectivity index (χ0v) is 14.7. The summed E-state index contributed by atoms with van der Waals surface area (Å²) in [6, 6.07) is 6.82. The maximum atomic E-state index is 12.9. The lowest BCUT2D eigenvalue weighted by molar-refractivity contribution is -0.134. The van der Waals surface area contributed by atoms with E-state index in [1.165, 1.54) is 27.6 Å². The maximum absolute atomic E-state index is 12.9. The highest BCUT2D eigenvalue weighted by Gasteiger charge is 2.36. The Balaban J connectivity index is 0.00000121. The minimum Gasteiger partial charge on any atom is -0.361 e. The summed E-state index contributed by atoms with van der Waals surface area (Å²) in [5.41, 5.74) is 5.21. The highest BCUT2D eigenvalue weighted by molar-refractivity contribution is 5.99. The van der Waals surface area contributed by atoms with Gasteiger partial charge in [0.1, 0.15) is 0 Å². The summed E-state index contributed by atoms with van der Waals surface area (Å²) in [5.74, 6) is 0.210. The van der Waals surface area contributed by atoms with Gasteiger partial charge in [-0.05, 0) is 50.1 Å². The largest absolute Gasteiger partial charge is 0.361 e. The zero-order valence-electron chi connectivity index (χ0n) is 14.7. The van der Waals surface area contributed by atoms with Crippen molar-refractivity contribution >= 4 is 62.8 Å². The molecule has 4 rings (SSSR count). The summed E-state index contributed by atoms with van der Waals surface area (Å²) in [4.78, 5) is 20.6. The van der Waals surface area contributed by atoms with E-state index in [2.05, 4.69) is 61.3 Å². The van der Waals surface area contributed by atoms with Gasteiger partial charge in [-0.2, -0.15) is 0 Å². The molecule has 1 aliphatic carbocycles. The Hall–Kier alpha value is -0.771. The van der Waals surface area contributed by atoms with Gasteiger partial charge in [0.25, 0.3) is 0 Å². The van der Waals surface area contributed by atoms with E-state index >= 15 is 0 Å². The molecular weight excluding hydrogens is 350 g/mol. The average molecular weight is 380 g/mol. The number of amides is 1. The van der Waals surface area contributed by atoms with Crippen molar-refractivity contribution in [2.24, 2.45) is 5.92 Å². The number of benzene rings is 1. The summed E-state index contributed by atoms with van der Waals surface area (Å²) in [7, 11) is 2.15. The number of hydrogen-bond donors (Lipinski definition) is 1. The molecule has 0 radical (unpaired) electrons. The Bertz CT molecular complexity index is 828. The van der Waals surface area contributed by atoms with E-state index in [9.17, 15) is 4.79 Å². The molecule has 0 bridgehead atoms. The fourth-order valence-electron chi connectivity index (χ4n) is 4.38. The van der Waals surface area contributed by atoms with Crippen molar-refractivity contribution in [1.29, 1.82) is 0 Å². The first-order valence-electron chi connectivity index (χ1n) is 8.94. The number of aromatic amines is 1. The number of fused-ring (bicyclic) bond motifs is 2. The third-order valence-electron chi connectivity index (χ3n) is 5.66. The third kappa shape index (κ3) is 3.39. The summed E-state index contributed by atoms with van der Waals surface area (Å²) in [6.07, 6.45) is 5.41. The average Bonchev–Trinajstić information content (AvgIpc) is 3.01. The molecule has 4 nitrogen and oxygen atoms in total. The van der Waals surface area contributed by atoms with Crippen LogP contribution in [-0.2, 0) is 11.2 Å². The predicted octanol–water partition coefficient (Wildman–Crippen LogP) is 0.806. The maximum Gasteiger partial charge on any atom is 0.316 e. The molecule has 1 aliphatic heterocycles. The molecule has 0 fully saturated rings. The van der Waals surface area contributed by atoms with Crippen LogP contribution in [0.1, 0.15) is 25.0 Å². The second-order valence-electron chi connectivity index (χ2n) is 6.94. The number of carbonyl (C=O) groups excluding carboxylic acids is 1. The van der Waals surface area contributed by atoms with Crippen LogP contribution in [0.4, 0.5) is 0 Å². The molecule has 1 N–H and O–H groups in total. The van der Waals surface area contributed by atoms with Gasteiger partial charge < -0.3 is 9.88 Å². The summed E-state index contributed by atoms with van der Waals surface area (Å²) in [6.45, 7) is 6.47. The van der Waals surface area contributed by atoms with Gasteiger partial charge in [0, 0.05) is 42.8 Å². The van der Waals surface area contributed by atoms with Gasteiger partial charge in [0.15, 0.2) is 17.4 Å². The van der Waals surface area contributed by atoms with E-state index in [1.807, 2.05) is 4.90 Å². The van der Waals surface area contributed by atoms with Gasteiger partial charge in [-0.15, -0.1) is 0 Å². The molecule has 1 amide bonds. The highest BCUT2D eigenvalue weighted by Crippen LogP contribution is 2.40. The van der Waals surface area contributed by atoms with Crippen molar-refractivity contribution < 1.29 is 4.79 Å². The van der Waals surface area contributed by atoms with Crippen LogP contribution in [0.3, 0.4) is 0 Å². The predicted molar refractivity (Wildman–Crippen MR) is 116 cm³/mol. The van der Waals surface area contributed by atoms with Gasteiger partial charge in [-0.1, -0.05) is 18.2 Å². The number of hydrogen-bond acceptors (Lipinski definition) is 2. The number of aromatic nitrogens is 1. The minimum absolute atomic E-state index is 0. The Labute approximate surface area is 182 Å². The number of rotatable bonds is 3. The Morgan fingerprint density at radius 3 is 2.73 bits per heavy atom. The SMILES string of the molecule is CCN(CC)C(=O)[C@@H]1C=C2c3cccc4[nH]cc(c34)C[C@H]2N(C)C1.[AlH3].[MgH2]. The third-order valence-corrected chi connectivity index (χ3v) is 5.66. The number of nitrogens with zero attached hydrogens (tertiary/aromatic N) is 2. The van der Waals surface area contributed by atoms with Crippen LogP contribution in [0.15, 0.2) is 30.5 Å². The smallest absolute Gasteiger partial charge is 0.316 e. The van der Waals surface area contributed by atoms with Crippen LogP contribution in [0.5, 0.6) is 0 Å². The van der Waals surface area contributed by atoms with Crippen molar-refractivity contribution in [3.8, 4) is 0 Å². The van der Waals surface area contributed by atoms with Crippen molar-refractivity contribution in [3.05, 3.63) is 41.6 Å². The van der Waals surface area contributed by atoms with Gasteiger partial charge in [0.2, 0.25) is 5.91 Å². The standard InChI is InChI=1S/C20H25N3O.Al.Mg.5H/c1-4-23(5-2)20(24)14-9-16-15-7-6-8-17-19(15)13(11-21-17)10-18(16)22(3)12-14;;;;;;;/h6-9,11,14,18,21H,4-5,10,12H2,1-3H3;;;;;;;/t14-,18-;;;;;;;/m1......./s1. The molecule has 6 heteroatoms. The molecule has 2 aliphatic rings. The van der Waals surface area contributed by atoms with Gasteiger partial charge in [-0.25, -0.2) is 0 Å².